The smallest absolute Gasteiger partial charge is 0.127 e. The Bertz CT molecular complexity index is 319. The molecule has 0 saturated heterocycles. The highest BCUT2D eigenvalue weighted by molar-refractivity contribution is 5.57. The number of nitrogen functional groups attached to an aromatic ring is 1. The summed E-state index contributed by atoms with van der Waals surface area (Å²) in [7, 11) is 0. The molecule has 1 heterocycles. The molecule has 0 unspecified atom stereocenters. The molecule has 1 aliphatic heterocycles. The summed E-state index contributed by atoms with van der Waals surface area (Å²) in [5, 5.41) is 0. The summed E-state index contributed by atoms with van der Waals surface area (Å²) in [5.41, 5.74) is 6.86. The van der Waals surface area contributed by atoms with Crippen LogP contribution in [0.1, 0.15) is 0 Å². The highest BCUT2D eigenvalue weighted by Crippen LogP contribution is 2.21. The maximum Gasteiger partial charge on any atom is 0.127 e. The Kier molecular flexibility index (Phi) is 1.93. The summed E-state index contributed by atoms with van der Waals surface area (Å²) in [6, 6.07) is 4.62. The zero-order chi connectivity index (χ0) is 9.26. The van der Waals surface area contributed by atoms with Crippen LogP contribution in [0.2, 0.25) is 0 Å². The predicted octanol–water partition coefficient (Wildman–Crippen LogP) is 1.78. The van der Waals surface area contributed by atoms with E-state index in [1.54, 1.807) is 6.07 Å². The van der Waals surface area contributed by atoms with Crippen molar-refractivity contribution in [2.75, 3.05) is 23.7 Å². The molecule has 0 amide bonds. The van der Waals surface area contributed by atoms with Crippen LogP contribution in [0.5, 0.6) is 0 Å². The summed E-state index contributed by atoms with van der Waals surface area (Å²) < 4.78 is 13.0. The third-order valence-corrected chi connectivity index (χ3v) is 2.09. The highest BCUT2D eigenvalue weighted by Gasteiger charge is 2.08. The number of nitrogens with two attached hydrogens (primary N) is 1. The van der Waals surface area contributed by atoms with Crippen molar-refractivity contribution in [3.05, 3.63) is 36.2 Å². The summed E-state index contributed by atoms with van der Waals surface area (Å²) in [6.07, 6.45) is 4.11. The van der Waals surface area contributed by atoms with Crippen molar-refractivity contribution in [2.45, 2.75) is 0 Å². The normalized spacial score (nSPS) is 15.3. The molecule has 0 spiro atoms. The van der Waals surface area contributed by atoms with Crippen LogP contribution in [0.15, 0.2) is 30.4 Å². The highest BCUT2D eigenvalue weighted by atomic mass is 19.1. The fraction of sp³-hybridized carbons (Fsp3) is 0.200. The van der Waals surface area contributed by atoms with Crippen molar-refractivity contribution in [2.24, 2.45) is 0 Å². The van der Waals surface area contributed by atoms with Crippen LogP contribution in [0.4, 0.5) is 15.8 Å². The Morgan fingerprint density at radius 1 is 1.15 bits per heavy atom. The topological polar surface area (TPSA) is 29.3 Å². The van der Waals surface area contributed by atoms with Crippen molar-refractivity contribution in [1.82, 2.24) is 0 Å². The second-order valence-electron chi connectivity index (χ2n) is 3.12. The largest absolute Gasteiger partial charge is 0.399 e. The van der Waals surface area contributed by atoms with Gasteiger partial charge in [0.1, 0.15) is 5.82 Å². The molecule has 0 radical (unpaired) electrons. The van der Waals surface area contributed by atoms with E-state index in [0.717, 1.165) is 18.8 Å². The van der Waals surface area contributed by atoms with Gasteiger partial charge in [-0.1, -0.05) is 12.2 Å². The van der Waals surface area contributed by atoms with E-state index < -0.39 is 0 Å². The molecule has 0 aliphatic carbocycles. The van der Waals surface area contributed by atoms with Crippen molar-refractivity contribution in [1.29, 1.82) is 0 Å². The molecular weight excluding hydrogens is 167 g/mol. The lowest BCUT2D eigenvalue weighted by Crippen LogP contribution is -2.18. The molecule has 0 saturated carbocycles. The van der Waals surface area contributed by atoms with Gasteiger partial charge in [-0.05, 0) is 18.2 Å². The van der Waals surface area contributed by atoms with E-state index in [1.165, 1.54) is 12.1 Å². The number of benzene rings is 1. The van der Waals surface area contributed by atoms with Crippen LogP contribution in [0.3, 0.4) is 0 Å². The van der Waals surface area contributed by atoms with E-state index in [0.29, 0.717) is 5.69 Å². The van der Waals surface area contributed by atoms with Crippen LogP contribution >= 0.6 is 0 Å². The number of hydrogen-bond donors (Lipinski definition) is 1. The van der Waals surface area contributed by atoms with Gasteiger partial charge in [0.15, 0.2) is 0 Å². The SMILES string of the molecule is Nc1cc(F)cc(N2CC=CC2)c1. The Morgan fingerprint density at radius 2 is 1.85 bits per heavy atom. The monoisotopic (exact) mass is 178 g/mol. The summed E-state index contributed by atoms with van der Waals surface area (Å²) in [4.78, 5) is 2.06. The summed E-state index contributed by atoms with van der Waals surface area (Å²) in [6.45, 7) is 1.67. The van der Waals surface area contributed by atoms with Crippen LogP contribution in [0.25, 0.3) is 0 Å². The average Bonchev–Trinajstić information content (AvgIpc) is 2.53. The van der Waals surface area contributed by atoms with E-state index in [1.807, 2.05) is 0 Å². The first-order valence-electron chi connectivity index (χ1n) is 4.22. The third kappa shape index (κ3) is 1.64. The van der Waals surface area contributed by atoms with Gasteiger partial charge >= 0.3 is 0 Å². The average molecular weight is 178 g/mol. The minimum Gasteiger partial charge on any atom is -0.399 e. The molecule has 2 N–H and O–H groups in total. The molecule has 2 nitrogen and oxygen atoms in total. The zero-order valence-electron chi connectivity index (χ0n) is 7.20. The number of hydrogen-bond acceptors (Lipinski definition) is 2. The molecule has 1 aromatic carbocycles. The van der Waals surface area contributed by atoms with Gasteiger partial charge in [0.2, 0.25) is 0 Å². The van der Waals surface area contributed by atoms with Crippen LogP contribution in [-0.2, 0) is 0 Å². The fourth-order valence-electron chi connectivity index (χ4n) is 1.47. The molecule has 0 bridgehead atoms. The molecule has 0 aromatic heterocycles. The van der Waals surface area contributed by atoms with Gasteiger partial charge in [-0.25, -0.2) is 4.39 Å². The van der Waals surface area contributed by atoms with E-state index in [2.05, 4.69) is 17.1 Å². The molecule has 1 aliphatic rings. The van der Waals surface area contributed by atoms with Gasteiger partial charge in [-0.3, -0.25) is 0 Å². The zero-order valence-corrected chi connectivity index (χ0v) is 7.20. The molecule has 0 atom stereocenters. The first-order valence-corrected chi connectivity index (χ1v) is 4.22. The molecule has 3 heteroatoms. The lowest BCUT2D eigenvalue weighted by atomic mass is 10.2. The minimum absolute atomic E-state index is 0.276. The number of halogens is 1. The maximum atomic E-state index is 13.0. The number of anilines is 2. The second kappa shape index (κ2) is 3.09. The molecule has 1 aromatic rings. The van der Waals surface area contributed by atoms with Crippen molar-refractivity contribution in [3.63, 3.8) is 0 Å². The first kappa shape index (κ1) is 8.10. The molecule has 2 rings (SSSR count). The summed E-state index contributed by atoms with van der Waals surface area (Å²) in [5.74, 6) is -0.276. The fourth-order valence-corrected chi connectivity index (χ4v) is 1.47. The third-order valence-electron chi connectivity index (χ3n) is 2.09. The first-order chi connectivity index (χ1) is 6.25. The van der Waals surface area contributed by atoms with Crippen molar-refractivity contribution in [3.8, 4) is 0 Å². The Morgan fingerprint density at radius 3 is 2.46 bits per heavy atom. The van der Waals surface area contributed by atoms with Gasteiger partial charge in [-0.15, -0.1) is 0 Å². The van der Waals surface area contributed by atoms with Gasteiger partial charge in [0.25, 0.3) is 0 Å². The molecular formula is C10H11FN2. The number of rotatable bonds is 1. The standard InChI is InChI=1S/C10H11FN2/c11-8-5-9(12)7-10(6-8)13-3-1-2-4-13/h1-2,5-7H,3-4,12H2. The van der Waals surface area contributed by atoms with Gasteiger partial charge in [0, 0.05) is 24.5 Å². The lowest BCUT2D eigenvalue weighted by Gasteiger charge is -2.17. The van der Waals surface area contributed by atoms with Crippen LogP contribution in [-0.4, -0.2) is 13.1 Å². The predicted molar refractivity (Wildman–Crippen MR) is 52.2 cm³/mol. The minimum atomic E-state index is -0.276. The molecule has 13 heavy (non-hydrogen) atoms. The van der Waals surface area contributed by atoms with Crippen molar-refractivity contribution >= 4 is 11.4 Å². The Balaban J connectivity index is 2.29. The van der Waals surface area contributed by atoms with E-state index in [-0.39, 0.29) is 5.82 Å². The lowest BCUT2D eigenvalue weighted by molar-refractivity contribution is 0.628. The van der Waals surface area contributed by atoms with Gasteiger partial charge in [-0.2, -0.15) is 0 Å². The van der Waals surface area contributed by atoms with Crippen LogP contribution in [0, 0.1) is 5.82 Å². The van der Waals surface area contributed by atoms with Crippen molar-refractivity contribution < 1.29 is 4.39 Å². The van der Waals surface area contributed by atoms with Gasteiger partial charge in [0.05, 0.1) is 0 Å². The van der Waals surface area contributed by atoms with Gasteiger partial charge < -0.3 is 10.6 Å². The van der Waals surface area contributed by atoms with E-state index >= 15 is 0 Å². The number of nitrogens with zero attached hydrogens (tertiary/aromatic N) is 1. The quantitative estimate of drug-likeness (QED) is 0.524. The van der Waals surface area contributed by atoms with E-state index in [4.69, 9.17) is 5.73 Å². The molecule has 68 valence electrons. The maximum absolute atomic E-state index is 13.0. The Hall–Kier alpha value is -1.51. The summed E-state index contributed by atoms with van der Waals surface area (Å²) >= 11 is 0. The Labute approximate surface area is 76.5 Å². The molecule has 0 fully saturated rings. The second-order valence-corrected chi connectivity index (χ2v) is 3.12. The van der Waals surface area contributed by atoms with E-state index in [9.17, 15) is 4.39 Å². The van der Waals surface area contributed by atoms with Crippen LogP contribution < -0.4 is 10.6 Å².